The zero-order valence-electron chi connectivity index (χ0n) is 9.87. The fraction of sp³-hybridized carbons (Fsp3) is 0.727. The molecule has 0 saturated heterocycles. The summed E-state index contributed by atoms with van der Waals surface area (Å²) in [6.07, 6.45) is 0. The van der Waals surface area contributed by atoms with Gasteiger partial charge < -0.3 is 10.4 Å². The van der Waals surface area contributed by atoms with Crippen molar-refractivity contribution in [2.75, 3.05) is 6.61 Å². The highest BCUT2D eigenvalue weighted by Gasteiger charge is 2.11. The van der Waals surface area contributed by atoms with E-state index in [4.69, 9.17) is 5.11 Å². The molecule has 0 bridgehead atoms. The van der Waals surface area contributed by atoms with Gasteiger partial charge in [-0.15, -0.1) is 11.3 Å². The first-order valence-electron chi connectivity index (χ1n) is 5.31. The number of aliphatic hydroxyl groups excluding tert-OH is 1. The molecule has 0 amide bonds. The van der Waals surface area contributed by atoms with E-state index in [9.17, 15) is 0 Å². The van der Waals surface area contributed by atoms with Crippen LogP contribution in [0.15, 0.2) is 0 Å². The summed E-state index contributed by atoms with van der Waals surface area (Å²) in [5.41, 5.74) is 1.12. The SMILES string of the molecule is Cc1nc(CNC(C)C(C)CO)sc1C. The summed E-state index contributed by atoms with van der Waals surface area (Å²) >= 11 is 1.74. The van der Waals surface area contributed by atoms with E-state index in [1.54, 1.807) is 11.3 Å². The number of rotatable bonds is 5. The summed E-state index contributed by atoms with van der Waals surface area (Å²) in [6, 6.07) is 0.319. The predicted molar refractivity (Wildman–Crippen MR) is 64.1 cm³/mol. The molecule has 0 aliphatic heterocycles. The van der Waals surface area contributed by atoms with Gasteiger partial charge in [0, 0.05) is 24.1 Å². The molecule has 15 heavy (non-hydrogen) atoms. The van der Waals surface area contributed by atoms with Crippen LogP contribution in [0.2, 0.25) is 0 Å². The molecule has 86 valence electrons. The first kappa shape index (κ1) is 12.6. The van der Waals surface area contributed by atoms with E-state index < -0.39 is 0 Å². The van der Waals surface area contributed by atoms with Gasteiger partial charge in [-0.1, -0.05) is 6.92 Å². The number of hydrogen-bond donors (Lipinski definition) is 2. The molecule has 0 aromatic carbocycles. The molecule has 0 aliphatic rings. The second-order valence-electron chi connectivity index (χ2n) is 4.08. The largest absolute Gasteiger partial charge is 0.396 e. The van der Waals surface area contributed by atoms with Gasteiger partial charge in [0.25, 0.3) is 0 Å². The van der Waals surface area contributed by atoms with Crippen LogP contribution in [0, 0.1) is 19.8 Å². The quantitative estimate of drug-likeness (QED) is 0.808. The van der Waals surface area contributed by atoms with E-state index in [0.29, 0.717) is 6.04 Å². The Hall–Kier alpha value is -0.450. The molecule has 1 aromatic rings. The van der Waals surface area contributed by atoms with Crippen molar-refractivity contribution in [2.45, 2.75) is 40.3 Å². The molecule has 1 rings (SSSR count). The van der Waals surface area contributed by atoms with Crippen LogP contribution in [0.1, 0.15) is 29.4 Å². The van der Waals surface area contributed by atoms with Crippen LogP contribution in [0.3, 0.4) is 0 Å². The summed E-state index contributed by atoms with van der Waals surface area (Å²) < 4.78 is 0. The molecule has 0 saturated carbocycles. The van der Waals surface area contributed by atoms with E-state index >= 15 is 0 Å². The maximum Gasteiger partial charge on any atom is 0.107 e. The van der Waals surface area contributed by atoms with Crippen molar-refractivity contribution in [1.82, 2.24) is 10.3 Å². The maximum absolute atomic E-state index is 9.00. The van der Waals surface area contributed by atoms with E-state index in [2.05, 4.69) is 24.1 Å². The van der Waals surface area contributed by atoms with Gasteiger partial charge in [-0.3, -0.25) is 0 Å². The van der Waals surface area contributed by atoms with Crippen LogP contribution in [0.5, 0.6) is 0 Å². The third-order valence-electron chi connectivity index (χ3n) is 2.79. The molecule has 0 spiro atoms. The fourth-order valence-electron chi connectivity index (χ4n) is 1.22. The Labute approximate surface area is 95.6 Å². The molecular weight excluding hydrogens is 208 g/mol. The van der Waals surface area contributed by atoms with Crippen molar-refractivity contribution in [2.24, 2.45) is 5.92 Å². The lowest BCUT2D eigenvalue weighted by molar-refractivity contribution is 0.207. The van der Waals surface area contributed by atoms with Crippen LogP contribution < -0.4 is 5.32 Å². The average Bonchev–Trinajstić information content (AvgIpc) is 2.54. The minimum absolute atomic E-state index is 0.226. The molecule has 2 atom stereocenters. The van der Waals surface area contributed by atoms with Gasteiger partial charge in [0.05, 0.1) is 5.69 Å². The van der Waals surface area contributed by atoms with Gasteiger partial charge in [0.15, 0.2) is 0 Å². The summed E-state index contributed by atoms with van der Waals surface area (Å²) in [5.74, 6) is 0.284. The van der Waals surface area contributed by atoms with Crippen LogP contribution in [-0.2, 0) is 6.54 Å². The second kappa shape index (κ2) is 5.58. The summed E-state index contributed by atoms with van der Waals surface area (Å²) in [4.78, 5) is 5.75. The molecule has 0 radical (unpaired) electrons. The van der Waals surface area contributed by atoms with E-state index in [-0.39, 0.29) is 12.5 Å². The lowest BCUT2D eigenvalue weighted by Gasteiger charge is -2.18. The number of hydrogen-bond acceptors (Lipinski definition) is 4. The lowest BCUT2D eigenvalue weighted by Crippen LogP contribution is -2.33. The number of aliphatic hydroxyl groups is 1. The molecule has 0 aliphatic carbocycles. The molecule has 1 heterocycles. The van der Waals surface area contributed by atoms with E-state index in [0.717, 1.165) is 17.2 Å². The molecule has 3 nitrogen and oxygen atoms in total. The molecular formula is C11H20N2OS. The highest BCUT2D eigenvalue weighted by molar-refractivity contribution is 7.11. The summed E-state index contributed by atoms with van der Waals surface area (Å²) in [6.45, 7) is 9.28. The van der Waals surface area contributed by atoms with Crippen molar-refractivity contribution in [1.29, 1.82) is 0 Å². The molecule has 1 aromatic heterocycles. The Balaban J connectivity index is 2.43. The number of aryl methyl sites for hydroxylation is 2. The van der Waals surface area contributed by atoms with Crippen molar-refractivity contribution in [3.63, 3.8) is 0 Å². The van der Waals surface area contributed by atoms with E-state index in [1.807, 2.05) is 13.8 Å². The van der Waals surface area contributed by atoms with Gasteiger partial charge in [0.1, 0.15) is 5.01 Å². The highest BCUT2D eigenvalue weighted by atomic mass is 32.1. The first-order chi connectivity index (χ1) is 7.04. The summed E-state index contributed by atoms with van der Waals surface area (Å²) in [7, 11) is 0. The van der Waals surface area contributed by atoms with Gasteiger partial charge in [-0.2, -0.15) is 0 Å². The van der Waals surface area contributed by atoms with Crippen LogP contribution in [0.25, 0.3) is 0 Å². The highest BCUT2D eigenvalue weighted by Crippen LogP contribution is 2.16. The lowest BCUT2D eigenvalue weighted by atomic mass is 10.1. The van der Waals surface area contributed by atoms with Crippen molar-refractivity contribution in [3.8, 4) is 0 Å². The van der Waals surface area contributed by atoms with Gasteiger partial charge in [0.2, 0.25) is 0 Å². The molecule has 2 unspecified atom stereocenters. The normalized spacial score (nSPS) is 15.3. The Morgan fingerprint density at radius 2 is 2.07 bits per heavy atom. The maximum atomic E-state index is 9.00. The Morgan fingerprint density at radius 3 is 2.53 bits per heavy atom. The molecule has 4 heteroatoms. The molecule has 2 N–H and O–H groups in total. The van der Waals surface area contributed by atoms with Crippen LogP contribution >= 0.6 is 11.3 Å². The zero-order valence-corrected chi connectivity index (χ0v) is 10.7. The minimum atomic E-state index is 0.226. The standard InChI is InChI=1S/C11H20N2OS/c1-7(6-14)8(2)12-5-11-13-9(3)10(4)15-11/h7-8,12,14H,5-6H2,1-4H3. The van der Waals surface area contributed by atoms with Crippen molar-refractivity contribution in [3.05, 3.63) is 15.6 Å². The van der Waals surface area contributed by atoms with Crippen LogP contribution in [0.4, 0.5) is 0 Å². The number of nitrogens with zero attached hydrogens (tertiary/aromatic N) is 1. The third kappa shape index (κ3) is 3.55. The van der Waals surface area contributed by atoms with E-state index in [1.165, 1.54) is 4.88 Å². The minimum Gasteiger partial charge on any atom is -0.396 e. The third-order valence-corrected chi connectivity index (χ3v) is 3.86. The first-order valence-corrected chi connectivity index (χ1v) is 6.13. The van der Waals surface area contributed by atoms with Gasteiger partial charge >= 0.3 is 0 Å². The van der Waals surface area contributed by atoms with Crippen molar-refractivity contribution >= 4 is 11.3 Å². The second-order valence-corrected chi connectivity index (χ2v) is 5.37. The monoisotopic (exact) mass is 228 g/mol. The summed E-state index contributed by atoms with van der Waals surface area (Å²) in [5, 5.41) is 13.5. The van der Waals surface area contributed by atoms with Gasteiger partial charge in [-0.05, 0) is 26.7 Å². The van der Waals surface area contributed by atoms with Crippen molar-refractivity contribution < 1.29 is 5.11 Å². The predicted octanol–water partition coefficient (Wildman–Crippen LogP) is 1.87. The number of nitrogens with one attached hydrogen (secondary N) is 1. The zero-order chi connectivity index (χ0) is 11.4. The molecule has 0 fully saturated rings. The smallest absolute Gasteiger partial charge is 0.107 e. The number of aromatic nitrogens is 1. The fourth-order valence-corrected chi connectivity index (χ4v) is 2.11. The Morgan fingerprint density at radius 1 is 1.40 bits per heavy atom. The topological polar surface area (TPSA) is 45.2 Å². The van der Waals surface area contributed by atoms with Gasteiger partial charge in [-0.25, -0.2) is 4.98 Å². The Bertz CT molecular complexity index is 292. The van der Waals surface area contributed by atoms with Crippen LogP contribution in [-0.4, -0.2) is 22.7 Å². The number of thiazole rings is 1. The average molecular weight is 228 g/mol. The Kier molecular flexibility index (Phi) is 4.70.